The Balaban J connectivity index is 2.16. The Kier molecular flexibility index (Phi) is 4.12. The molecule has 0 saturated heterocycles. The van der Waals surface area contributed by atoms with Crippen LogP contribution in [0.25, 0.3) is 11.0 Å². The van der Waals surface area contributed by atoms with Crippen molar-refractivity contribution in [3.8, 4) is 0 Å². The van der Waals surface area contributed by atoms with Crippen molar-refractivity contribution in [1.29, 1.82) is 0 Å². The maximum atomic E-state index is 5.95. The van der Waals surface area contributed by atoms with Crippen molar-refractivity contribution in [3.63, 3.8) is 0 Å². The predicted molar refractivity (Wildman–Crippen MR) is 83.2 cm³/mol. The molecule has 0 saturated carbocycles. The third-order valence-corrected chi connectivity index (χ3v) is 3.18. The van der Waals surface area contributed by atoms with Crippen LogP contribution in [0.3, 0.4) is 0 Å². The monoisotopic (exact) mass is 279 g/mol. The molecule has 2 aromatic carbocycles. The van der Waals surface area contributed by atoms with E-state index in [2.05, 4.69) is 11.1 Å². The summed E-state index contributed by atoms with van der Waals surface area (Å²) < 4.78 is 11.5. The molecule has 0 amide bonds. The Morgan fingerprint density at radius 2 is 1.76 bits per heavy atom. The predicted octanol–water partition coefficient (Wildman–Crippen LogP) is 4.20. The number of nitrogens with zero attached hydrogens (tertiary/aromatic N) is 1. The van der Waals surface area contributed by atoms with Crippen molar-refractivity contribution in [1.82, 2.24) is 0 Å². The van der Waals surface area contributed by atoms with Gasteiger partial charge in [0.2, 0.25) is 5.55 Å². The molecule has 3 aromatic rings. The van der Waals surface area contributed by atoms with Crippen LogP contribution in [0, 0.1) is 0 Å². The van der Waals surface area contributed by atoms with E-state index in [1.54, 1.807) is 0 Å². The molecule has 3 rings (SSSR count). The van der Waals surface area contributed by atoms with Crippen LogP contribution in [0.4, 0.5) is 5.69 Å². The zero-order valence-electron chi connectivity index (χ0n) is 12.0. The summed E-state index contributed by atoms with van der Waals surface area (Å²) in [5.41, 5.74) is 3.26. The maximum Gasteiger partial charge on any atom is 0.225 e. The molecular weight excluding hydrogens is 262 g/mol. The quantitative estimate of drug-likeness (QED) is 0.717. The molecule has 0 radical (unpaired) electrons. The average Bonchev–Trinajstić information content (AvgIpc) is 2.54. The van der Waals surface area contributed by atoms with Crippen LogP contribution in [-0.4, -0.2) is 6.61 Å². The zero-order valence-corrected chi connectivity index (χ0v) is 12.0. The van der Waals surface area contributed by atoms with E-state index in [0.29, 0.717) is 18.8 Å². The lowest BCUT2D eigenvalue weighted by atomic mass is 10.2. The summed E-state index contributed by atoms with van der Waals surface area (Å²) in [5, 5.41) is 1.05. The summed E-state index contributed by atoms with van der Waals surface area (Å²) in [4.78, 5) is 4.60. The summed E-state index contributed by atoms with van der Waals surface area (Å²) in [5.74, 6) is 0. The van der Waals surface area contributed by atoms with Crippen molar-refractivity contribution < 1.29 is 9.15 Å². The number of fused-ring (bicyclic) bond motifs is 1. The standard InChI is InChI=1S/C18H17NO2/c1-2-20-13-15-12-14-8-6-7-11-17(14)21-18(15)19-16-9-4-3-5-10-16/h3-12H,2,13H2,1H3/b19-18-. The Morgan fingerprint density at radius 3 is 2.57 bits per heavy atom. The largest absolute Gasteiger partial charge is 0.438 e. The first-order valence-corrected chi connectivity index (χ1v) is 7.06. The highest BCUT2D eigenvalue weighted by Crippen LogP contribution is 2.15. The lowest BCUT2D eigenvalue weighted by Crippen LogP contribution is -2.10. The Morgan fingerprint density at radius 1 is 1.00 bits per heavy atom. The molecule has 0 unspecified atom stereocenters. The summed E-state index contributed by atoms with van der Waals surface area (Å²) >= 11 is 0. The number of benzene rings is 2. The molecule has 3 heteroatoms. The van der Waals surface area contributed by atoms with Crippen LogP contribution in [0.2, 0.25) is 0 Å². The van der Waals surface area contributed by atoms with Crippen LogP contribution in [-0.2, 0) is 11.3 Å². The molecule has 0 aliphatic heterocycles. The number of rotatable bonds is 4. The molecule has 0 aliphatic rings. The van der Waals surface area contributed by atoms with Gasteiger partial charge in [0.15, 0.2) is 0 Å². The Bertz CT molecular complexity index is 791. The van der Waals surface area contributed by atoms with Gasteiger partial charge in [0.05, 0.1) is 12.3 Å². The third kappa shape index (κ3) is 3.20. The number of ether oxygens (including phenoxy) is 1. The van der Waals surface area contributed by atoms with E-state index >= 15 is 0 Å². The SMILES string of the molecule is CCOCc1cc2ccccc2o/c1=N\c1ccccc1. The van der Waals surface area contributed by atoms with Gasteiger partial charge < -0.3 is 9.15 Å². The van der Waals surface area contributed by atoms with E-state index in [1.165, 1.54) is 0 Å². The van der Waals surface area contributed by atoms with E-state index in [0.717, 1.165) is 22.2 Å². The first-order valence-electron chi connectivity index (χ1n) is 7.06. The van der Waals surface area contributed by atoms with Gasteiger partial charge in [-0.2, -0.15) is 0 Å². The lowest BCUT2D eigenvalue weighted by molar-refractivity contribution is 0.131. The van der Waals surface area contributed by atoms with Crippen LogP contribution in [0.1, 0.15) is 12.5 Å². The van der Waals surface area contributed by atoms with E-state index in [9.17, 15) is 0 Å². The Labute approximate surface area is 123 Å². The van der Waals surface area contributed by atoms with Crippen LogP contribution in [0.15, 0.2) is 70.1 Å². The smallest absolute Gasteiger partial charge is 0.225 e. The van der Waals surface area contributed by atoms with Crippen molar-refractivity contribution >= 4 is 16.7 Å². The van der Waals surface area contributed by atoms with Gasteiger partial charge in [0.1, 0.15) is 5.58 Å². The van der Waals surface area contributed by atoms with Crippen LogP contribution in [0.5, 0.6) is 0 Å². The summed E-state index contributed by atoms with van der Waals surface area (Å²) in [6, 6.07) is 19.8. The highest BCUT2D eigenvalue weighted by atomic mass is 16.5. The molecule has 21 heavy (non-hydrogen) atoms. The van der Waals surface area contributed by atoms with E-state index in [4.69, 9.17) is 9.15 Å². The average molecular weight is 279 g/mol. The minimum atomic E-state index is 0.497. The fourth-order valence-electron chi connectivity index (χ4n) is 2.14. The number of para-hydroxylation sites is 2. The van der Waals surface area contributed by atoms with Gasteiger partial charge in [-0.15, -0.1) is 0 Å². The fraction of sp³-hybridized carbons (Fsp3) is 0.167. The molecule has 0 N–H and O–H groups in total. The molecule has 0 fully saturated rings. The van der Waals surface area contributed by atoms with Crippen molar-refractivity contribution in [2.75, 3.05) is 6.61 Å². The molecular formula is C18H17NO2. The number of hydrogen-bond acceptors (Lipinski definition) is 3. The summed E-state index contributed by atoms with van der Waals surface area (Å²) in [7, 11) is 0. The second-order valence-electron chi connectivity index (χ2n) is 4.70. The van der Waals surface area contributed by atoms with E-state index in [-0.39, 0.29) is 0 Å². The molecule has 0 atom stereocenters. The Hall–Kier alpha value is -2.39. The number of hydrogen-bond donors (Lipinski definition) is 0. The minimum absolute atomic E-state index is 0.497. The van der Waals surface area contributed by atoms with E-state index < -0.39 is 0 Å². The first kappa shape index (κ1) is 13.6. The fourth-order valence-corrected chi connectivity index (χ4v) is 2.14. The van der Waals surface area contributed by atoms with Gasteiger partial charge in [-0.3, -0.25) is 0 Å². The minimum Gasteiger partial charge on any atom is -0.438 e. The maximum absolute atomic E-state index is 5.95. The van der Waals surface area contributed by atoms with Crippen molar-refractivity contribution in [3.05, 3.63) is 71.8 Å². The molecule has 1 heterocycles. The molecule has 0 aliphatic carbocycles. The molecule has 3 nitrogen and oxygen atoms in total. The first-order chi connectivity index (χ1) is 10.4. The summed E-state index contributed by atoms with van der Waals surface area (Å²) in [6.07, 6.45) is 0. The third-order valence-electron chi connectivity index (χ3n) is 3.18. The van der Waals surface area contributed by atoms with Gasteiger partial charge in [0.25, 0.3) is 0 Å². The molecule has 0 spiro atoms. The van der Waals surface area contributed by atoms with Crippen molar-refractivity contribution in [2.45, 2.75) is 13.5 Å². The molecule has 106 valence electrons. The van der Waals surface area contributed by atoms with Crippen molar-refractivity contribution in [2.24, 2.45) is 4.99 Å². The lowest BCUT2D eigenvalue weighted by Gasteiger charge is -2.05. The van der Waals surface area contributed by atoms with Gasteiger partial charge in [-0.05, 0) is 31.2 Å². The highest BCUT2D eigenvalue weighted by Gasteiger charge is 2.04. The van der Waals surface area contributed by atoms with Gasteiger partial charge in [0, 0.05) is 17.6 Å². The van der Waals surface area contributed by atoms with Gasteiger partial charge in [-0.1, -0.05) is 36.4 Å². The molecule has 0 bridgehead atoms. The topological polar surface area (TPSA) is 34.7 Å². The van der Waals surface area contributed by atoms with Crippen LogP contribution >= 0.6 is 0 Å². The molecule has 1 aromatic heterocycles. The second kappa shape index (κ2) is 6.37. The highest BCUT2D eigenvalue weighted by molar-refractivity contribution is 5.76. The second-order valence-corrected chi connectivity index (χ2v) is 4.70. The van der Waals surface area contributed by atoms with Gasteiger partial charge in [-0.25, -0.2) is 4.99 Å². The van der Waals surface area contributed by atoms with Gasteiger partial charge >= 0.3 is 0 Å². The van der Waals surface area contributed by atoms with E-state index in [1.807, 2.05) is 61.5 Å². The summed E-state index contributed by atoms with van der Waals surface area (Å²) in [6.45, 7) is 3.14. The van der Waals surface area contributed by atoms with Crippen LogP contribution < -0.4 is 5.55 Å². The normalized spacial score (nSPS) is 12.0. The zero-order chi connectivity index (χ0) is 14.5.